The SMILES string of the molecule is O=C1[C@H](Nc2ncnc3[nH]c4cc(F)ccc4c23)CCN1CCF. The summed E-state index contributed by atoms with van der Waals surface area (Å²) in [6, 6.07) is 3.98. The molecule has 3 heterocycles. The number of aromatic nitrogens is 3. The lowest BCUT2D eigenvalue weighted by molar-refractivity contribution is -0.128. The van der Waals surface area contributed by atoms with Gasteiger partial charge in [0.05, 0.1) is 10.9 Å². The second kappa shape index (κ2) is 5.70. The van der Waals surface area contributed by atoms with Crippen LogP contribution in [0.15, 0.2) is 24.5 Å². The van der Waals surface area contributed by atoms with Crippen molar-refractivity contribution in [3.05, 3.63) is 30.3 Å². The highest BCUT2D eigenvalue weighted by atomic mass is 19.1. The third kappa shape index (κ3) is 2.34. The molecule has 4 rings (SSSR count). The van der Waals surface area contributed by atoms with Crippen molar-refractivity contribution >= 4 is 33.7 Å². The van der Waals surface area contributed by atoms with E-state index in [0.29, 0.717) is 35.3 Å². The Morgan fingerprint density at radius 3 is 3.08 bits per heavy atom. The molecule has 1 aliphatic rings. The molecule has 1 atom stereocenters. The standard InChI is InChI=1S/C16H15F2N5O/c17-4-6-23-5-3-11(16(23)24)21-14-13-10-2-1-9(18)7-12(10)22-15(13)20-8-19-14/h1-2,7-8,11H,3-6H2,(H2,19,20,21,22)/t11-/m1/s1. The lowest BCUT2D eigenvalue weighted by atomic mass is 10.2. The van der Waals surface area contributed by atoms with E-state index >= 15 is 0 Å². The second-order valence-corrected chi connectivity index (χ2v) is 5.76. The number of H-pyrrole nitrogens is 1. The highest BCUT2D eigenvalue weighted by Crippen LogP contribution is 2.30. The van der Waals surface area contributed by atoms with Crippen LogP contribution in [0.3, 0.4) is 0 Å². The van der Waals surface area contributed by atoms with Crippen LogP contribution in [0.2, 0.25) is 0 Å². The number of halogens is 2. The number of carbonyl (C=O) groups excluding carboxylic acids is 1. The van der Waals surface area contributed by atoms with E-state index in [4.69, 9.17) is 0 Å². The molecular formula is C16H15F2N5O. The molecule has 6 nitrogen and oxygen atoms in total. The molecule has 1 aliphatic heterocycles. The van der Waals surface area contributed by atoms with Gasteiger partial charge in [0.15, 0.2) is 0 Å². The lowest BCUT2D eigenvalue weighted by Crippen LogP contribution is -2.34. The molecule has 0 saturated carbocycles. The molecule has 3 aromatic rings. The normalized spacial score (nSPS) is 18.0. The van der Waals surface area contributed by atoms with Crippen LogP contribution in [0.4, 0.5) is 14.6 Å². The third-order valence-electron chi connectivity index (χ3n) is 4.31. The molecular weight excluding hydrogens is 316 g/mol. The summed E-state index contributed by atoms with van der Waals surface area (Å²) in [5.41, 5.74) is 1.18. The first-order valence-electron chi connectivity index (χ1n) is 7.70. The van der Waals surface area contributed by atoms with Gasteiger partial charge in [0.1, 0.15) is 36.3 Å². The summed E-state index contributed by atoms with van der Waals surface area (Å²) in [7, 11) is 0. The molecule has 24 heavy (non-hydrogen) atoms. The van der Waals surface area contributed by atoms with Gasteiger partial charge >= 0.3 is 0 Å². The van der Waals surface area contributed by atoms with E-state index < -0.39 is 12.7 Å². The number of rotatable bonds is 4. The summed E-state index contributed by atoms with van der Waals surface area (Å²) in [5, 5.41) is 4.63. The number of carbonyl (C=O) groups is 1. The van der Waals surface area contributed by atoms with Crippen LogP contribution in [0.1, 0.15) is 6.42 Å². The van der Waals surface area contributed by atoms with Gasteiger partial charge in [-0.1, -0.05) is 0 Å². The number of hydrogen-bond acceptors (Lipinski definition) is 4. The highest BCUT2D eigenvalue weighted by Gasteiger charge is 2.32. The summed E-state index contributed by atoms with van der Waals surface area (Å²) in [6.45, 7) is 0.0839. The monoisotopic (exact) mass is 331 g/mol. The number of benzene rings is 1. The number of likely N-dealkylation sites (tertiary alicyclic amines) is 1. The molecule has 0 spiro atoms. The molecule has 0 unspecified atom stereocenters. The molecule has 8 heteroatoms. The van der Waals surface area contributed by atoms with E-state index in [9.17, 15) is 13.6 Å². The van der Waals surface area contributed by atoms with Crippen LogP contribution < -0.4 is 5.32 Å². The predicted octanol–water partition coefficient (Wildman–Crippen LogP) is 2.23. The Bertz CT molecular complexity index is 925. The molecule has 1 saturated heterocycles. The van der Waals surface area contributed by atoms with E-state index in [-0.39, 0.29) is 18.3 Å². The first-order chi connectivity index (χ1) is 11.7. The zero-order chi connectivity index (χ0) is 16.7. The van der Waals surface area contributed by atoms with Crippen LogP contribution in [-0.4, -0.2) is 51.6 Å². The average molecular weight is 331 g/mol. The Kier molecular flexibility index (Phi) is 3.51. The Balaban J connectivity index is 1.72. The van der Waals surface area contributed by atoms with Crippen LogP contribution in [0, 0.1) is 5.82 Å². The van der Waals surface area contributed by atoms with Crippen molar-refractivity contribution < 1.29 is 13.6 Å². The maximum absolute atomic E-state index is 13.4. The quantitative estimate of drug-likeness (QED) is 0.769. The number of alkyl halides is 1. The van der Waals surface area contributed by atoms with Crippen molar-refractivity contribution in [1.82, 2.24) is 19.9 Å². The molecule has 0 bridgehead atoms. The molecule has 0 aliphatic carbocycles. The van der Waals surface area contributed by atoms with Crippen molar-refractivity contribution in [3.63, 3.8) is 0 Å². The first-order valence-corrected chi connectivity index (χ1v) is 7.70. The minimum absolute atomic E-state index is 0.114. The van der Waals surface area contributed by atoms with E-state index in [1.54, 1.807) is 6.07 Å². The Morgan fingerprint density at radius 1 is 1.38 bits per heavy atom. The number of fused-ring (bicyclic) bond motifs is 3. The van der Waals surface area contributed by atoms with Gasteiger partial charge in [-0.15, -0.1) is 0 Å². The van der Waals surface area contributed by atoms with Crippen molar-refractivity contribution in [2.24, 2.45) is 0 Å². The Labute approximate surface area is 135 Å². The van der Waals surface area contributed by atoms with E-state index in [1.165, 1.54) is 23.4 Å². The zero-order valence-corrected chi connectivity index (χ0v) is 12.7. The molecule has 1 aromatic carbocycles. The fraction of sp³-hybridized carbons (Fsp3) is 0.312. The summed E-state index contributed by atoms with van der Waals surface area (Å²) in [6.07, 6.45) is 1.97. The molecule has 1 fully saturated rings. The van der Waals surface area contributed by atoms with Crippen molar-refractivity contribution in [1.29, 1.82) is 0 Å². The summed E-state index contributed by atoms with van der Waals surface area (Å²) >= 11 is 0. The lowest BCUT2D eigenvalue weighted by Gasteiger charge is -2.15. The minimum atomic E-state index is -0.551. The number of nitrogens with one attached hydrogen (secondary N) is 2. The van der Waals surface area contributed by atoms with Gasteiger partial charge in [-0.2, -0.15) is 0 Å². The average Bonchev–Trinajstić information content (AvgIpc) is 3.10. The van der Waals surface area contributed by atoms with Crippen LogP contribution in [-0.2, 0) is 4.79 Å². The van der Waals surface area contributed by atoms with E-state index in [0.717, 1.165) is 5.39 Å². The van der Waals surface area contributed by atoms with Crippen molar-refractivity contribution in [2.75, 3.05) is 25.1 Å². The third-order valence-corrected chi connectivity index (χ3v) is 4.31. The van der Waals surface area contributed by atoms with E-state index in [2.05, 4.69) is 20.3 Å². The smallest absolute Gasteiger partial charge is 0.245 e. The van der Waals surface area contributed by atoms with Gasteiger partial charge in [0, 0.05) is 18.5 Å². The van der Waals surface area contributed by atoms with Crippen LogP contribution in [0.25, 0.3) is 21.9 Å². The molecule has 124 valence electrons. The van der Waals surface area contributed by atoms with Gasteiger partial charge in [0.2, 0.25) is 5.91 Å². The van der Waals surface area contributed by atoms with Crippen LogP contribution in [0.5, 0.6) is 0 Å². The van der Waals surface area contributed by atoms with Gasteiger partial charge in [-0.25, -0.2) is 18.7 Å². The number of anilines is 1. The highest BCUT2D eigenvalue weighted by molar-refractivity contribution is 6.11. The maximum atomic E-state index is 13.4. The summed E-state index contributed by atoms with van der Waals surface area (Å²) in [5.74, 6) is 0.0352. The summed E-state index contributed by atoms with van der Waals surface area (Å²) < 4.78 is 25.9. The first kappa shape index (κ1) is 14.8. The number of hydrogen-bond donors (Lipinski definition) is 2. The topological polar surface area (TPSA) is 73.9 Å². The van der Waals surface area contributed by atoms with Gasteiger partial charge in [-0.05, 0) is 24.6 Å². The van der Waals surface area contributed by atoms with Gasteiger partial charge < -0.3 is 15.2 Å². The maximum Gasteiger partial charge on any atom is 0.245 e. The zero-order valence-electron chi connectivity index (χ0n) is 12.7. The predicted molar refractivity (Wildman–Crippen MR) is 85.9 cm³/mol. The Hall–Kier alpha value is -2.77. The minimum Gasteiger partial charge on any atom is -0.358 e. The summed E-state index contributed by atoms with van der Waals surface area (Å²) in [4.78, 5) is 25.2. The fourth-order valence-corrected chi connectivity index (χ4v) is 3.17. The number of aromatic amines is 1. The van der Waals surface area contributed by atoms with Crippen LogP contribution >= 0.6 is 0 Å². The van der Waals surface area contributed by atoms with Crippen molar-refractivity contribution in [2.45, 2.75) is 12.5 Å². The number of amides is 1. The fourth-order valence-electron chi connectivity index (χ4n) is 3.17. The molecule has 0 radical (unpaired) electrons. The van der Waals surface area contributed by atoms with Gasteiger partial charge in [0.25, 0.3) is 0 Å². The van der Waals surface area contributed by atoms with Crippen molar-refractivity contribution in [3.8, 4) is 0 Å². The number of nitrogens with zero attached hydrogens (tertiary/aromatic N) is 3. The molecule has 1 amide bonds. The Morgan fingerprint density at radius 2 is 2.25 bits per heavy atom. The van der Waals surface area contributed by atoms with Gasteiger partial charge in [-0.3, -0.25) is 4.79 Å². The molecule has 2 N–H and O–H groups in total. The largest absolute Gasteiger partial charge is 0.358 e. The molecule has 2 aromatic heterocycles. The second-order valence-electron chi connectivity index (χ2n) is 5.76. The van der Waals surface area contributed by atoms with E-state index in [1.807, 2.05) is 0 Å².